The number of hydrogen-bond acceptors (Lipinski definition) is 6. The molecular weight excluding hydrogens is 430 g/mol. The first-order chi connectivity index (χ1) is 16.4. The lowest BCUT2D eigenvalue weighted by Crippen LogP contribution is -2.22. The van der Waals surface area contributed by atoms with E-state index >= 15 is 0 Å². The number of amides is 1. The van der Waals surface area contributed by atoms with Crippen molar-refractivity contribution in [1.29, 1.82) is 0 Å². The maximum atomic E-state index is 12.7. The van der Waals surface area contributed by atoms with E-state index in [0.29, 0.717) is 24.1 Å². The molecule has 0 radical (unpaired) electrons. The van der Waals surface area contributed by atoms with Crippen molar-refractivity contribution in [1.82, 2.24) is 19.7 Å². The predicted molar refractivity (Wildman–Crippen MR) is 129 cm³/mol. The minimum absolute atomic E-state index is 0.140. The molecule has 8 heteroatoms. The highest BCUT2D eigenvalue weighted by Gasteiger charge is 2.21. The number of aromatic nitrogens is 4. The number of carbonyl (C=O) groups is 1. The Morgan fingerprint density at radius 1 is 1.00 bits per heavy atom. The van der Waals surface area contributed by atoms with Gasteiger partial charge in [0, 0.05) is 23.9 Å². The SMILES string of the molecule is CC(C)(C)c1cc(NC(=O)COc2cccc(COc3cnccn3)c2)n(-c2ccccc2)n1. The van der Waals surface area contributed by atoms with E-state index in [1.165, 1.54) is 0 Å². The van der Waals surface area contributed by atoms with Gasteiger partial charge < -0.3 is 14.8 Å². The number of benzene rings is 2. The summed E-state index contributed by atoms with van der Waals surface area (Å²) in [5, 5.41) is 7.65. The van der Waals surface area contributed by atoms with Crippen LogP contribution in [0.5, 0.6) is 11.6 Å². The zero-order chi connectivity index (χ0) is 24.0. The molecule has 2 aromatic heterocycles. The predicted octanol–water partition coefficient (Wildman–Crippen LogP) is 4.56. The number of carbonyl (C=O) groups excluding carboxylic acids is 1. The summed E-state index contributed by atoms with van der Waals surface area (Å²) >= 11 is 0. The molecule has 174 valence electrons. The molecule has 8 nitrogen and oxygen atoms in total. The molecule has 1 amide bonds. The lowest BCUT2D eigenvalue weighted by Gasteiger charge is -2.14. The van der Waals surface area contributed by atoms with Crippen molar-refractivity contribution >= 4 is 11.7 Å². The van der Waals surface area contributed by atoms with Crippen LogP contribution in [0.2, 0.25) is 0 Å². The second-order valence-electron chi connectivity index (χ2n) is 8.73. The lowest BCUT2D eigenvalue weighted by molar-refractivity contribution is -0.118. The van der Waals surface area contributed by atoms with E-state index < -0.39 is 0 Å². The molecule has 0 aliphatic heterocycles. The second kappa shape index (κ2) is 10.2. The Bertz CT molecular complexity index is 1230. The molecule has 2 aromatic carbocycles. The summed E-state index contributed by atoms with van der Waals surface area (Å²) in [5.74, 6) is 1.33. The van der Waals surface area contributed by atoms with Crippen molar-refractivity contribution < 1.29 is 14.3 Å². The molecule has 0 aliphatic carbocycles. The smallest absolute Gasteiger partial charge is 0.263 e. The third-order valence-electron chi connectivity index (χ3n) is 4.94. The highest BCUT2D eigenvalue weighted by atomic mass is 16.5. The standard InChI is InChI=1S/C26H27N5O3/c1-26(2,3)22-15-23(31(30-22)20-9-5-4-6-10-20)29-24(32)18-33-21-11-7-8-19(14-21)17-34-25-16-27-12-13-28-25/h4-16H,17-18H2,1-3H3,(H,29,32). The van der Waals surface area contributed by atoms with Gasteiger partial charge in [-0.3, -0.25) is 9.78 Å². The van der Waals surface area contributed by atoms with Crippen LogP contribution in [0.1, 0.15) is 32.0 Å². The van der Waals surface area contributed by atoms with Crippen molar-refractivity contribution in [2.75, 3.05) is 11.9 Å². The van der Waals surface area contributed by atoms with Crippen molar-refractivity contribution in [3.05, 3.63) is 90.5 Å². The maximum absolute atomic E-state index is 12.7. The van der Waals surface area contributed by atoms with Gasteiger partial charge in [0.2, 0.25) is 5.88 Å². The molecule has 0 bridgehead atoms. The number of ether oxygens (including phenoxy) is 2. The molecule has 0 unspecified atom stereocenters. The van der Waals surface area contributed by atoms with E-state index in [0.717, 1.165) is 16.9 Å². The molecule has 1 N–H and O–H groups in total. The van der Waals surface area contributed by atoms with Crippen LogP contribution in [-0.2, 0) is 16.8 Å². The van der Waals surface area contributed by atoms with Gasteiger partial charge in [-0.25, -0.2) is 9.67 Å². The van der Waals surface area contributed by atoms with E-state index in [-0.39, 0.29) is 17.9 Å². The van der Waals surface area contributed by atoms with Gasteiger partial charge in [-0.2, -0.15) is 5.10 Å². The van der Waals surface area contributed by atoms with Gasteiger partial charge in [0.15, 0.2) is 6.61 Å². The maximum Gasteiger partial charge on any atom is 0.263 e. The Balaban J connectivity index is 1.40. The first-order valence-electron chi connectivity index (χ1n) is 10.9. The highest BCUT2D eigenvalue weighted by molar-refractivity contribution is 5.91. The molecule has 0 aliphatic rings. The molecule has 0 saturated heterocycles. The third-order valence-corrected chi connectivity index (χ3v) is 4.94. The second-order valence-corrected chi connectivity index (χ2v) is 8.73. The number of nitrogens with zero attached hydrogens (tertiary/aromatic N) is 4. The van der Waals surface area contributed by atoms with E-state index in [4.69, 9.17) is 14.6 Å². The number of anilines is 1. The topological polar surface area (TPSA) is 91.2 Å². The van der Waals surface area contributed by atoms with E-state index in [1.807, 2.05) is 54.6 Å². The fourth-order valence-corrected chi connectivity index (χ4v) is 3.17. The van der Waals surface area contributed by atoms with Gasteiger partial charge in [-0.15, -0.1) is 0 Å². The summed E-state index contributed by atoms with van der Waals surface area (Å²) in [6.07, 6.45) is 4.71. The Kier molecular flexibility index (Phi) is 6.87. The summed E-state index contributed by atoms with van der Waals surface area (Å²) in [5.41, 5.74) is 2.47. The Labute approximate surface area is 198 Å². The van der Waals surface area contributed by atoms with Crippen molar-refractivity contribution in [3.8, 4) is 17.3 Å². The van der Waals surface area contributed by atoms with Crippen LogP contribution in [-0.4, -0.2) is 32.3 Å². The van der Waals surface area contributed by atoms with Crippen LogP contribution >= 0.6 is 0 Å². The summed E-state index contributed by atoms with van der Waals surface area (Å²) < 4.78 is 13.1. The summed E-state index contributed by atoms with van der Waals surface area (Å²) in [4.78, 5) is 20.8. The van der Waals surface area contributed by atoms with Gasteiger partial charge in [0.25, 0.3) is 5.91 Å². The van der Waals surface area contributed by atoms with Crippen LogP contribution in [0.4, 0.5) is 5.82 Å². The Morgan fingerprint density at radius 3 is 2.56 bits per heavy atom. The highest BCUT2D eigenvalue weighted by Crippen LogP contribution is 2.26. The van der Waals surface area contributed by atoms with Gasteiger partial charge in [0.1, 0.15) is 18.2 Å². The van der Waals surface area contributed by atoms with E-state index in [2.05, 4.69) is 36.1 Å². The van der Waals surface area contributed by atoms with Gasteiger partial charge >= 0.3 is 0 Å². The van der Waals surface area contributed by atoms with Crippen molar-refractivity contribution in [2.45, 2.75) is 32.8 Å². The normalized spacial score (nSPS) is 11.1. The fourth-order valence-electron chi connectivity index (χ4n) is 3.17. The Hall–Kier alpha value is -4.20. The zero-order valence-electron chi connectivity index (χ0n) is 19.4. The Morgan fingerprint density at radius 2 is 1.82 bits per heavy atom. The van der Waals surface area contributed by atoms with Crippen LogP contribution in [0.15, 0.2) is 79.3 Å². The van der Waals surface area contributed by atoms with Gasteiger partial charge in [-0.05, 0) is 29.8 Å². The molecule has 0 saturated carbocycles. The molecule has 0 spiro atoms. The van der Waals surface area contributed by atoms with Crippen LogP contribution in [0, 0.1) is 0 Å². The molecule has 4 aromatic rings. The third kappa shape index (κ3) is 5.98. The lowest BCUT2D eigenvalue weighted by atomic mass is 9.92. The first-order valence-corrected chi connectivity index (χ1v) is 10.9. The molecule has 0 fully saturated rings. The minimum Gasteiger partial charge on any atom is -0.484 e. The summed E-state index contributed by atoms with van der Waals surface area (Å²) in [6, 6.07) is 19.0. The first kappa shape index (κ1) is 23.0. The van der Waals surface area contributed by atoms with Crippen LogP contribution in [0.3, 0.4) is 0 Å². The minimum atomic E-state index is -0.279. The summed E-state index contributed by atoms with van der Waals surface area (Å²) in [6.45, 7) is 6.43. The zero-order valence-corrected chi connectivity index (χ0v) is 19.4. The van der Waals surface area contributed by atoms with Crippen LogP contribution < -0.4 is 14.8 Å². The number of rotatable bonds is 8. The van der Waals surface area contributed by atoms with Gasteiger partial charge in [0.05, 0.1) is 17.6 Å². The number of para-hydroxylation sites is 1. The van der Waals surface area contributed by atoms with E-state index in [1.54, 1.807) is 29.3 Å². The van der Waals surface area contributed by atoms with Crippen molar-refractivity contribution in [2.24, 2.45) is 0 Å². The number of hydrogen-bond donors (Lipinski definition) is 1. The largest absolute Gasteiger partial charge is 0.484 e. The van der Waals surface area contributed by atoms with E-state index in [9.17, 15) is 4.79 Å². The quantitative estimate of drug-likeness (QED) is 0.417. The molecule has 2 heterocycles. The van der Waals surface area contributed by atoms with Crippen LogP contribution in [0.25, 0.3) is 5.69 Å². The molecule has 0 atom stereocenters. The molecule has 34 heavy (non-hydrogen) atoms. The molecular formula is C26H27N5O3. The number of nitrogens with one attached hydrogen (secondary N) is 1. The molecule has 4 rings (SSSR count). The van der Waals surface area contributed by atoms with Crippen molar-refractivity contribution in [3.63, 3.8) is 0 Å². The average Bonchev–Trinajstić information content (AvgIpc) is 3.27. The monoisotopic (exact) mass is 457 g/mol. The average molecular weight is 458 g/mol. The van der Waals surface area contributed by atoms with Gasteiger partial charge in [-0.1, -0.05) is 51.1 Å². The summed E-state index contributed by atoms with van der Waals surface area (Å²) in [7, 11) is 0. The fraction of sp³-hybridized carbons (Fsp3) is 0.231.